The molecule has 0 spiro atoms. The number of hydrogen-bond donors (Lipinski definition) is 0. The molecule has 12 heteroatoms. The number of sulfone groups is 4. The van der Waals surface area contributed by atoms with Crippen LogP contribution in [0.4, 0.5) is 0 Å². The normalized spacial score (nSPS) is 13.5. The van der Waals surface area contributed by atoms with Crippen molar-refractivity contribution in [3.8, 4) is 0 Å². The average molecular weight is 503 g/mol. The van der Waals surface area contributed by atoms with Crippen LogP contribution in [0.25, 0.3) is 0 Å². The van der Waals surface area contributed by atoms with Gasteiger partial charge in [0.1, 0.15) is 4.90 Å². The Morgan fingerprint density at radius 3 is 1.13 bits per heavy atom. The van der Waals surface area contributed by atoms with Crippen LogP contribution in [0.3, 0.4) is 0 Å². The zero-order chi connectivity index (χ0) is 23.4. The van der Waals surface area contributed by atoms with Gasteiger partial charge in [0.15, 0.2) is 39.3 Å². The summed E-state index contributed by atoms with van der Waals surface area (Å²) in [6.07, 6.45) is 0.669. The van der Waals surface area contributed by atoms with E-state index in [0.29, 0.717) is 0 Å². The van der Waals surface area contributed by atoms with Crippen LogP contribution >= 0.6 is 0 Å². The molecule has 0 aromatic heterocycles. The fourth-order valence-corrected chi connectivity index (χ4v) is 10.5. The van der Waals surface area contributed by atoms with Gasteiger partial charge in [-0.3, -0.25) is 0 Å². The summed E-state index contributed by atoms with van der Waals surface area (Å²) in [5.74, 6) is -1.66. The number of hydrogen-bond acceptors (Lipinski definition) is 8. The maximum absolute atomic E-state index is 13.0. The Balaban J connectivity index is 4.29. The van der Waals surface area contributed by atoms with E-state index in [-0.39, 0.29) is 31.4 Å². The minimum Gasteiger partial charge on any atom is -0.224 e. The minimum atomic E-state index is -4.30. The molecule has 174 valence electrons. The molecule has 0 atom stereocenters. The Bertz CT molecular complexity index is 1120. The van der Waals surface area contributed by atoms with Crippen LogP contribution in [0.2, 0.25) is 0 Å². The van der Waals surface area contributed by atoms with Crippen molar-refractivity contribution in [2.45, 2.75) is 73.0 Å². The van der Waals surface area contributed by atoms with Crippen molar-refractivity contribution in [3.63, 3.8) is 0 Å². The van der Waals surface area contributed by atoms with Crippen molar-refractivity contribution >= 4 is 39.3 Å². The molecule has 0 aliphatic heterocycles. The van der Waals surface area contributed by atoms with Crippen LogP contribution < -0.4 is 0 Å². The van der Waals surface area contributed by atoms with Crippen LogP contribution in [0.1, 0.15) is 53.4 Å². The summed E-state index contributed by atoms with van der Waals surface area (Å²) in [5.41, 5.74) is 0. The van der Waals surface area contributed by atoms with Gasteiger partial charge < -0.3 is 0 Å². The molecule has 8 nitrogen and oxygen atoms in total. The first-order chi connectivity index (χ1) is 13.7. The third-order valence-corrected chi connectivity index (χ3v) is 12.3. The summed E-state index contributed by atoms with van der Waals surface area (Å²) < 4.78 is 103. The Morgan fingerprint density at radius 2 is 0.800 bits per heavy atom. The third kappa shape index (κ3) is 6.04. The van der Waals surface area contributed by atoms with Crippen molar-refractivity contribution in [2.24, 2.45) is 0 Å². The SMILES string of the molecule is CCCS(=O)(=O)c1cc(S(=O)(=O)CCC)c(S(=O)(=O)CCC)c(S(=O)(=O)CCC)c1. The van der Waals surface area contributed by atoms with E-state index < -0.39 is 76.2 Å². The highest BCUT2D eigenvalue weighted by atomic mass is 32.2. The fourth-order valence-electron chi connectivity index (χ4n) is 3.02. The Morgan fingerprint density at radius 1 is 0.500 bits per heavy atom. The summed E-state index contributed by atoms with van der Waals surface area (Å²) in [6, 6.07) is 1.62. The van der Waals surface area contributed by atoms with E-state index in [2.05, 4.69) is 0 Å². The highest BCUT2D eigenvalue weighted by molar-refractivity contribution is 7.96. The molecule has 0 aliphatic carbocycles. The van der Waals surface area contributed by atoms with Gasteiger partial charge in [-0.2, -0.15) is 0 Å². The Kier molecular flexibility index (Phi) is 9.10. The lowest BCUT2D eigenvalue weighted by Crippen LogP contribution is -2.21. The van der Waals surface area contributed by atoms with E-state index in [1.807, 2.05) is 0 Å². The molecule has 0 aliphatic rings. The van der Waals surface area contributed by atoms with Gasteiger partial charge in [0.05, 0.1) is 37.7 Å². The van der Waals surface area contributed by atoms with Crippen LogP contribution in [-0.4, -0.2) is 56.7 Å². The number of benzene rings is 1. The lowest BCUT2D eigenvalue weighted by atomic mass is 10.3. The van der Waals surface area contributed by atoms with Crippen LogP contribution in [0, 0.1) is 0 Å². The van der Waals surface area contributed by atoms with Gasteiger partial charge in [0.25, 0.3) is 0 Å². The van der Waals surface area contributed by atoms with E-state index in [9.17, 15) is 33.7 Å². The molecule has 0 saturated heterocycles. The van der Waals surface area contributed by atoms with Crippen molar-refractivity contribution < 1.29 is 33.7 Å². The summed E-state index contributed by atoms with van der Waals surface area (Å²) in [4.78, 5) is -2.79. The predicted molar refractivity (Wildman–Crippen MR) is 116 cm³/mol. The molecule has 0 fully saturated rings. The molecular formula is C18H30O8S4. The quantitative estimate of drug-likeness (QED) is 0.425. The third-order valence-electron chi connectivity index (χ3n) is 4.23. The predicted octanol–water partition coefficient (Wildman–Crippen LogP) is 2.42. The van der Waals surface area contributed by atoms with Crippen molar-refractivity contribution in [1.82, 2.24) is 0 Å². The molecular weight excluding hydrogens is 472 g/mol. The highest BCUT2D eigenvalue weighted by Gasteiger charge is 2.35. The second-order valence-corrected chi connectivity index (χ2v) is 15.3. The highest BCUT2D eigenvalue weighted by Crippen LogP contribution is 2.35. The van der Waals surface area contributed by atoms with Gasteiger partial charge >= 0.3 is 0 Å². The van der Waals surface area contributed by atoms with Crippen LogP contribution in [0.15, 0.2) is 31.7 Å². The maximum Gasteiger partial charge on any atom is 0.180 e. The lowest BCUT2D eigenvalue weighted by molar-refractivity contribution is 0.569. The van der Waals surface area contributed by atoms with E-state index in [0.717, 1.165) is 12.1 Å². The second-order valence-electron chi connectivity index (χ2n) is 7.02. The standard InChI is InChI=1S/C18H30O8S4/c1-5-9-27(19,20)15-13-16(28(21,22)10-6-2)18(30(25,26)12-8-4)17(14-15)29(23,24)11-7-3/h13-14H,5-12H2,1-4H3. The van der Waals surface area contributed by atoms with Crippen molar-refractivity contribution in [2.75, 3.05) is 23.0 Å². The van der Waals surface area contributed by atoms with Crippen LogP contribution in [0.5, 0.6) is 0 Å². The van der Waals surface area contributed by atoms with Gasteiger partial charge in [-0.25, -0.2) is 33.7 Å². The minimum absolute atomic E-state index is 0.138. The molecule has 0 N–H and O–H groups in total. The molecule has 0 bridgehead atoms. The van der Waals surface area contributed by atoms with Crippen molar-refractivity contribution in [1.29, 1.82) is 0 Å². The zero-order valence-electron chi connectivity index (χ0n) is 17.7. The fraction of sp³-hybridized carbons (Fsp3) is 0.667. The molecule has 0 radical (unpaired) electrons. The van der Waals surface area contributed by atoms with Gasteiger partial charge in [-0.15, -0.1) is 0 Å². The van der Waals surface area contributed by atoms with E-state index in [1.165, 1.54) is 0 Å². The second kappa shape index (κ2) is 10.1. The first-order valence-electron chi connectivity index (χ1n) is 9.79. The van der Waals surface area contributed by atoms with Crippen molar-refractivity contribution in [3.05, 3.63) is 12.1 Å². The number of rotatable bonds is 12. The topological polar surface area (TPSA) is 137 Å². The maximum atomic E-state index is 13.0. The van der Waals surface area contributed by atoms with Gasteiger partial charge in [-0.1, -0.05) is 27.7 Å². The zero-order valence-corrected chi connectivity index (χ0v) is 21.0. The summed E-state index contributed by atoms with van der Waals surface area (Å²) in [5, 5.41) is 0. The molecule has 0 unspecified atom stereocenters. The summed E-state index contributed by atoms with van der Waals surface area (Å²) in [7, 11) is -16.8. The van der Waals surface area contributed by atoms with Gasteiger partial charge in [0, 0.05) is 0 Å². The van der Waals surface area contributed by atoms with E-state index in [1.54, 1.807) is 27.7 Å². The molecule has 0 amide bonds. The van der Waals surface area contributed by atoms with E-state index in [4.69, 9.17) is 0 Å². The molecule has 30 heavy (non-hydrogen) atoms. The first kappa shape index (κ1) is 27.1. The summed E-state index contributed by atoms with van der Waals surface area (Å²) >= 11 is 0. The Labute approximate surface area is 180 Å². The van der Waals surface area contributed by atoms with Crippen LogP contribution in [-0.2, 0) is 39.3 Å². The molecule has 1 rings (SSSR count). The lowest BCUT2D eigenvalue weighted by Gasteiger charge is -2.18. The average Bonchev–Trinajstić information content (AvgIpc) is 2.60. The molecule has 0 saturated carbocycles. The molecule has 0 heterocycles. The van der Waals surface area contributed by atoms with Gasteiger partial charge in [0.2, 0.25) is 0 Å². The molecule has 1 aromatic rings. The van der Waals surface area contributed by atoms with E-state index >= 15 is 0 Å². The molecule has 1 aromatic carbocycles. The first-order valence-corrected chi connectivity index (χ1v) is 16.4. The Hall–Kier alpha value is -0.980. The monoisotopic (exact) mass is 502 g/mol. The summed E-state index contributed by atoms with van der Waals surface area (Å²) in [6.45, 7) is 6.33. The van der Waals surface area contributed by atoms with Gasteiger partial charge in [-0.05, 0) is 37.8 Å². The largest absolute Gasteiger partial charge is 0.224 e. The smallest absolute Gasteiger partial charge is 0.180 e.